The second-order valence-electron chi connectivity index (χ2n) is 6.66. The fourth-order valence-electron chi connectivity index (χ4n) is 2.57. The molecular weight excluding hydrogens is 532 g/mol. The van der Waals surface area contributed by atoms with Gasteiger partial charge in [0.2, 0.25) is 11.8 Å². The molecule has 5 amide bonds. The molecule has 4 N–H and O–H groups in total. The molecule has 0 spiro atoms. The number of oxime groups is 1. The first-order chi connectivity index (χ1) is 16.5. The summed E-state index contributed by atoms with van der Waals surface area (Å²) < 4.78 is 32.3. The molecule has 1 fully saturated rings. The molecule has 0 saturated carbocycles. The molecule has 2 aromatic rings. The number of hydrogen-bond donors (Lipinski definition) is 4. The number of likely N-dealkylation sites (tertiary alicyclic amines) is 1. The van der Waals surface area contributed by atoms with E-state index >= 15 is 0 Å². The Kier molecular flexibility index (Phi) is 7.87. The van der Waals surface area contributed by atoms with Crippen molar-refractivity contribution in [3.63, 3.8) is 0 Å². The van der Waals surface area contributed by atoms with E-state index < -0.39 is 40.0 Å². The van der Waals surface area contributed by atoms with Gasteiger partial charge in [-0.25, -0.2) is 19.2 Å². The van der Waals surface area contributed by atoms with E-state index in [4.69, 9.17) is 16.1 Å². The number of nitrogens with one attached hydrogen (secondary N) is 4. The number of β-lactam (4-membered cyclic amide) rings is 1. The Balaban J connectivity index is 1.58. The molecule has 0 unspecified atom stereocenters. The van der Waals surface area contributed by atoms with Gasteiger partial charge in [-0.15, -0.1) is 22.9 Å². The molecule has 2 aromatic heterocycles. The quantitative estimate of drug-likeness (QED) is 0.134. The molecule has 35 heavy (non-hydrogen) atoms. The van der Waals surface area contributed by atoms with Crippen LogP contribution in [0.1, 0.15) is 11.4 Å². The topological polar surface area (TPSA) is 214 Å². The van der Waals surface area contributed by atoms with Gasteiger partial charge in [0.25, 0.3) is 11.8 Å². The predicted molar refractivity (Wildman–Crippen MR) is 121 cm³/mol. The summed E-state index contributed by atoms with van der Waals surface area (Å²) in [7, 11) is -3.23. The Bertz CT molecular complexity index is 1290. The van der Waals surface area contributed by atoms with Crippen molar-refractivity contribution < 1.29 is 37.0 Å². The minimum atomic E-state index is -4.42. The highest BCUT2D eigenvalue weighted by Crippen LogP contribution is 2.18. The highest BCUT2D eigenvalue weighted by Gasteiger charge is 2.43. The molecular formula is C16H17ClN8O8S2. The van der Waals surface area contributed by atoms with Gasteiger partial charge in [0.1, 0.15) is 24.7 Å². The number of carbonyl (C=O) groups is 4. The first kappa shape index (κ1) is 25.8. The summed E-state index contributed by atoms with van der Waals surface area (Å²) in [5.41, 5.74) is 0.135. The normalized spacial score (nSPS) is 15.7. The summed E-state index contributed by atoms with van der Waals surface area (Å²) in [6.45, 7) is 1.24. The van der Waals surface area contributed by atoms with Gasteiger partial charge in [0.05, 0.1) is 12.2 Å². The van der Waals surface area contributed by atoms with Crippen LogP contribution >= 0.6 is 22.9 Å². The number of urea groups is 1. The SMILES string of the molecule is CON=C(C(=O)N[C@H]1CN(C(=O)NS(=O)(=O)Nc2cc(C)no2)C1=O)c1csc(NC(=O)CCl)n1. The summed E-state index contributed by atoms with van der Waals surface area (Å²) in [4.78, 5) is 57.8. The molecule has 16 nitrogen and oxygen atoms in total. The lowest BCUT2D eigenvalue weighted by Gasteiger charge is -2.36. The highest BCUT2D eigenvalue weighted by molar-refractivity contribution is 7.91. The standard InChI is InChI=1S/C16H17ClN8O8S2/c1-7-3-11(33-21-7)23-35(30,31)24-16(29)25-5-8(14(25)28)18-13(27)12(22-32-2)9-6-34-15(19-9)20-10(26)4-17/h3,6,8,23H,4-5H2,1-2H3,(H,18,27)(H,24,29)(H,19,20,26)/t8-/m0/s1. The van der Waals surface area contributed by atoms with E-state index in [1.54, 1.807) is 11.6 Å². The predicted octanol–water partition coefficient (Wildman–Crippen LogP) is -0.639. The minimum absolute atomic E-state index is 0.0421. The van der Waals surface area contributed by atoms with Crippen LogP contribution in [0.25, 0.3) is 0 Å². The number of rotatable bonds is 9. The maximum absolute atomic E-state index is 12.6. The van der Waals surface area contributed by atoms with Crippen LogP contribution in [0, 0.1) is 6.92 Å². The smallest absolute Gasteiger partial charge is 0.339 e. The third kappa shape index (κ3) is 6.43. The van der Waals surface area contributed by atoms with E-state index in [2.05, 4.69) is 30.8 Å². The fraction of sp³-hybridized carbons (Fsp3) is 0.312. The van der Waals surface area contributed by atoms with E-state index in [0.717, 1.165) is 11.3 Å². The van der Waals surface area contributed by atoms with Crippen LogP contribution in [0.15, 0.2) is 21.1 Å². The molecule has 0 radical (unpaired) electrons. The molecule has 1 saturated heterocycles. The summed E-state index contributed by atoms with van der Waals surface area (Å²) >= 11 is 6.42. The van der Waals surface area contributed by atoms with Crippen LogP contribution in [0.4, 0.5) is 15.8 Å². The first-order valence-corrected chi connectivity index (χ1v) is 12.3. The van der Waals surface area contributed by atoms with Crippen molar-refractivity contribution in [2.75, 3.05) is 29.6 Å². The van der Waals surface area contributed by atoms with E-state index in [0.29, 0.717) is 10.6 Å². The number of amides is 5. The van der Waals surface area contributed by atoms with E-state index in [1.807, 2.05) is 4.72 Å². The van der Waals surface area contributed by atoms with Gasteiger partial charge in [-0.05, 0) is 6.92 Å². The number of halogens is 1. The number of anilines is 2. The van der Waals surface area contributed by atoms with Crippen molar-refractivity contribution in [2.24, 2.45) is 5.16 Å². The maximum atomic E-state index is 12.6. The number of aryl methyl sites for hydroxylation is 1. The van der Waals surface area contributed by atoms with E-state index in [1.165, 1.54) is 18.6 Å². The lowest BCUT2D eigenvalue weighted by Crippen LogP contribution is -2.68. The van der Waals surface area contributed by atoms with Crippen LogP contribution in [0.3, 0.4) is 0 Å². The number of aromatic nitrogens is 2. The number of carbonyl (C=O) groups excluding carboxylic acids is 4. The van der Waals surface area contributed by atoms with Gasteiger partial charge in [-0.3, -0.25) is 19.3 Å². The monoisotopic (exact) mass is 548 g/mol. The van der Waals surface area contributed by atoms with Gasteiger partial charge in [-0.2, -0.15) is 8.42 Å². The first-order valence-electron chi connectivity index (χ1n) is 9.36. The number of thiazole rings is 1. The fourth-order valence-corrected chi connectivity index (χ4v) is 4.10. The number of nitrogens with zero attached hydrogens (tertiary/aromatic N) is 4. The van der Waals surface area contributed by atoms with Gasteiger partial charge in [0.15, 0.2) is 10.8 Å². The summed E-state index contributed by atoms with van der Waals surface area (Å²) in [6, 6.07) is -1.11. The maximum Gasteiger partial charge on any atom is 0.339 e. The average molecular weight is 549 g/mol. The number of alkyl halides is 1. The number of imide groups is 1. The van der Waals surface area contributed by atoms with Gasteiger partial charge in [-0.1, -0.05) is 10.3 Å². The van der Waals surface area contributed by atoms with E-state index in [9.17, 15) is 27.6 Å². The van der Waals surface area contributed by atoms with Crippen LogP contribution in [0.2, 0.25) is 0 Å². The van der Waals surface area contributed by atoms with Crippen molar-refractivity contribution in [1.82, 2.24) is 25.1 Å². The van der Waals surface area contributed by atoms with Crippen molar-refractivity contribution in [3.05, 3.63) is 22.8 Å². The van der Waals surface area contributed by atoms with Crippen LogP contribution in [0.5, 0.6) is 0 Å². The van der Waals surface area contributed by atoms with Gasteiger partial charge in [0, 0.05) is 11.4 Å². The van der Waals surface area contributed by atoms with Gasteiger partial charge >= 0.3 is 16.2 Å². The zero-order valence-corrected chi connectivity index (χ0v) is 20.3. The zero-order chi connectivity index (χ0) is 25.8. The Morgan fingerprint density at radius 2 is 2.14 bits per heavy atom. The Morgan fingerprint density at radius 1 is 1.40 bits per heavy atom. The number of hydrogen-bond acceptors (Lipinski definition) is 12. The lowest BCUT2D eigenvalue weighted by atomic mass is 10.1. The van der Waals surface area contributed by atoms with Crippen LogP contribution < -0.4 is 20.1 Å². The van der Waals surface area contributed by atoms with Gasteiger partial charge < -0.3 is 20.0 Å². The molecule has 1 atom stereocenters. The Hall–Kier alpha value is -3.77. The van der Waals surface area contributed by atoms with Crippen molar-refractivity contribution in [3.8, 4) is 0 Å². The molecule has 1 aliphatic heterocycles. The molecule has 0 aliphatic carbocycles. The summed E-state index contributed by atoms with van der Waals surface area (Å²) in [5, 5.41) is 13.4. The molecule has 0 bridgehead atoms. The largest absolute Gasteiger partial charge is 0.398 e. The van der Waals surface area contributed by atoms with Crippen LogP contribution in [-0.4, -0.2) is 78.5 Å². The second-order valence-corrected chi connectivity index (χ2v) is 9.20. The van der Waals surface area contributed by atoms with Crippen LogP contribution in [-0.2, 0) is 29.4 Å². The van der Waals surface area contributed by atoms with Crippen molar-refractivity contribution in [1.29, 1.82) is 0 Å². The third-order valence-electron chi connectivity index (χ3n) is 4.08. The second kappa shape index (κ2) is 10.7. The summed E-state index contributed by atoms with van der Waals surface area (Å²) in [6.07, 6.45) is 0. The molecule has 1 aliphatic rings. The van der Waals surface area contributed by atoms with Crippen molar-refractivity contribution in [2.45, 2.75) is 13.0 Å². The molecule has 0 aromatic carbocycles. The highest BCUT2D eigenvalue weighted by atomic mass is 35.5. The average Bonchev–Trinajstić information content (AvgIpc) is 3.41. The molecule has 188 valence electrons. The molecule has 3 rings (SSSR count). The third-order valence-corrected chi connectivity index (χ3v) is 5.99. The Labute approximate surface area is 206 Å². The lowest BCUT2D eigenvalue weighted by molar-refractivity contribution is -0.141. The Morgan fingerprint density at radius 3 is 2.74 bits per heavy atom. The van der Waals surface area contributed by atoms with Crippen molar-refractivity contribution >= 4 is 73.6 Å². The molecule has 19 heteroatoms. The molecule has 3 heterocycles. The minimum Gasteiger partial charge on any atom is -0.398 e. The van der Waals surface area contributed by atoms with E-state index in [-0.39, 0.29) is 34.8 Å². The zero-order valence-electron chi connectivity index (χ0n) is 17.9. The summed E-state index contributed by atoms with van der Waals surface area (Å²) in [5.74, 6) is -2.76.